The third-order valence-electron chi connectivity index (χ3n) is 1.52. The molecule has 4 nitrogen and oxygen atoms in total. The highest BCUT2D eigenvalue weighted by Gasteiger charge is 2.09. The summed E-state index contributed by atoms with van der Waals surface area (Å²) in [7, 11) is 0. The zero-order valence-corrected chi connectivity index (χ0v) is 9.32. The molecule has 0 unspecified atom stereocenters. The molecule has 1 aromatic rings. The smallest absolute Gasteiger partial charge is 0.322 e. The summed E-state index contributed by atoms with van der Waals surface area (Å²) in [4.78, 5) is 21.6. The molecular weight excluding hydrogens is 293 g/mol. The second kappa shape index (κ2) is 4.94. The molecule has 0 atom stereocenters. The molecule has 5 heteroatoms. The summed E-state index contributed by atoms with van der Waals surface area (Å²) in [5, 5.41) is 10.7. The Morgan fingerprint density at radius 1 is 1.36 bits per heavy atom. The van der Waals surface area contributed by atoms with E-state index < -0.39 is 5.97 Å². The molecule has 74 valence electrons. The molecule has 1 aromatic carbocycles. The van der Waals surface area contributed by atoms with Crippen molar-refractivity contribution in [2.45, 2.75) is 0 Å². The van der Waals surface area contributed by atoms with Gasteiger partial charge in [0.05, 0.1) is 5.56 Å². The van der Waals surface area contributed by atoms with Gasteiger partial charge in [-0.05, 0) is 34.7 Å². The molecular formula is C9H8INO3. The van der Waals surface area contributed by atoms with Crippen molar-refractivity contribution in [2.75, 3.05) is 6.54 Å². The van der Waals surface area contributed by atoms with Gasteiger partial charge < -0.3 is 10.4 Å². The molecule has 1 rings (SSSR count). The Morgan fingerprint density at radius 3 is 2.57 bits per heavy atom. The molecule has 0 bridgehead atoms. The number of rotatable bonds is 3. The molecule has 0 fully saturated rings. The monoisotopic (exact) mass is 301 g/mol. The van der Waals surface area contributed by atoms with Crippen molar-refractivity contribution in [2.24, 2.45) is 0 Å². The van der Waals surface area contributed by atoms with Crippen molar-refractivity contribution in [1.29, 1.82) is 0 Å². The standard InChI is InChI=1S/C9H8INO3/c10-7-4-2-1-3-6(7)9(14)11-5-8(12)13/h1-4H,5H2,(H,11,14)(H,12,13)/i10-4. The average molecular weight is 301 g/mol. The van der Waals surface area contributed by atoms with E-state index in [2.05, 4.69) is 5.32 Å². The van der Waals surface area contributed by atoms with Crippen molar-refractivity contribution >= 4 is 34.5 Å². The molecule has 0 heterocycles. The Kier molecular flexibility index (Phi) is 3.87. The van der Waals surface area contributed by atoms with Crippen LogP contribution in [0.4, 0.5) is 0 Å². The fourth-order valence-corrected chi connectivity index (χ4v) is 1.53. The fourth-order valence-electron chi connectivity index (χ4n) is 0.896. The van der Waals surface area contributed by atoms with Crippen molar-refractivity contribution in [1.82, 2.24) is 5.32 Å². The Labute approximate surface area is 94.5 Å². The van der Waals surface area contributed by atoms with Gasteiger partial charge in [0, 0.05) is 3.57 Å². The first-order chi connectivity index (χ1) is 6.61. The number of carbonyl (C=O) groups is 2. The Balaban J connectivity index is 2.70. The number of halogens is 1. The topological polar surface area (TPSA) is 66.4 Å². The van der Waals surface area contributed by atoms with Crippen LogP contribution in [0.1, 0.15) is 10.4 Å². The molecule has 0 saturated heterocycles. The van der Waals surface area contributed by atoms with Gasteiger partial charge in [0.25, 0.3) is 5.91 Å². The lowest BCUT2D eigenvalue weighted by atomic mass is 10.2. The summed E-state index contributed by atoms with van der Waals surface area (Å²) >= 11 is 2.02. The predicted molar refractivity (Wildman–Crippen MR) is 59.1 cm³/mol. The van der Waals surface area contributed by atoms with Crippen molar-refractivity contribution < 1.29 is 14.7 Å². The number of aliphatic carboxylic acids is 1. The molecule has 0 spiro atoms. The minimum absolute atomic E-state index is 0.357. The minimum atomic E-state index is -1.05. The second-order valence-electron chi connectivity index (χ2n) is 2.56. The number of hydrogen-bond acceptors (Lipinski definition) is 2. The lowest BCUT2D eigenvalue weighted by molar-refractivity contribution is -0.135. The van der Waals surface area contributed by atoms with Crippen LogP contribution in [0.25, 0.3) is 0 Å². The number of benzene rings is 1. The number of carboxylic acid groups (broad SMARTS) is 1. The SMILES string of the molecule is O=C(O)CNC(=O)c1ccccc1[123I]. The van der Waals surface area contributed by atoms with Gasteiger partial charge in [-0.15, -0.1) is 0 Å². The summed E-state index contributed by atoms with van der Waals surface area (Å²) in [5.41, 5.74) is 0.495. The fraction of sp³-hybridized carbons (Fsp3) is 0.111. The highest BCUT2D eigenvalue weighted by Crippen LogP contribution is 2.10. The predicted octanol–water partition coefficient (Wildman–Crippen LogP) is 1.11. The Bertz CT molecular complexity index is 365. The van der Waals surface area contributed by atoms with Crippen LogP contribution in [0.15, 0.2) is 24.3 Å². The zero-order chi connectivity index (χ0) is 10.6. The Morgan fingerprint density at radius 2 is 2.00 bits per heavy atom. The number of carbonyl (C=O) groups excluding carboxylic acids is 1. The normalized spacial score (nSPS) is 9.50. The maximum absolute atomic E-state index is 11.4. The van der Waals surface area contributed by atoms with Crippen LogP contribution in [0, 0.1) is 3.57 Å². The average Bonchev–Trinajstić information content (AvgIpc) is 2.15. The van der Waals surface area contributed by atoms with E-state index in [1.165, 1.54) is 0 Å². The maximum atomic E-state index is 11.4. The largest absolute Gasteiger partial charge is 0.480 e. The zero-order valence-electron chi connectivity index (χ0n) is 7.16. The van der Waals surface area contributed by atoms with E-state index in [4.69, 9.17) is 5.11 Å². The quantitative estimate of drug-likeness (QED) is 0.822. The van der Waals surface area contributed by atoms with Gasteiger partial charge in [-0.3, -0.25) is 9.59 Å². The highest BCUT2D eigenvalue weighted by atomic mass is 123. The van der Waals surface area contributed by atoms with Gasteiger partial charge >= 0.3 is 5.97 Å². The van der Waals surface area contributed by atoms with E-state index in [0.29, 0.717) is 5.56 Å². The van der Waals surface area contributed by atoms with Gasteiger partial charge in [0.2, 0.25) is 0 Å². The molecule has 0 aliphatic heterocycles. The molecule has 0 aromatic heterocycles. The summed E-state index contributed by atoms with van der Waals surface area (Å²) in [6, 6.07) is 6.99. The summed E-state index contributed by atoms with van der Waals surface area (Å²) in [5.74, 6) is -1.42. The number of nitrogens with one attached hydrogen (secondary N) is 1. The van der Waals surface area contributed by atoms with E-state index in [-0.39, 0.29) is 12.5 Å². The van der Waals surface area contributed by atoms with Gasteiger partial charge in [-0.1, -0.05) is 12.1 Å². The van der Waals surface area contributed by atoms with Crippen molar-refractivity contribution in [3.05, 3.63) is 33.4 Å². The van der Waals surface area contributed by atoms with Crippen LogP contribution >= 0.6 is 22.6 Å². The maximum Gasteiger partial charge on any atom is 0.322 e. The lowest BCUT2D eigenvalue weighted by Crippen LogP contribution is -2.29. The first kappa shape index (κ1) is 11.0. The highest BCUT2D eigenvalue weighted by molar-refractivity contribution is 14.1. The molecule has 1 amide bonds. The molecule has 14 heavy (non-hydrogen) atoms. The first-order valence-corrected chi connectivity index (χ1v) is 4.93. The molecule has 2 N–H and O–H groups in total. The van der Waals surface area contributed by atoms with Crippen LogP contribution in [-0.4, -0.2) is 23.5 Å². The van der Waals surface area contributed by atoms with E-state index in [0.717, 1.165) is 3.57 Å². The van der Waals surface area contributed by atoms with Crippen LogP contribution in [-0.2, 0) is 4.79 Å². The lowest BCUT2D eigenvalue weighted by Gasteiger charge is -2.03. The van der Waals surface area contributed by atoms with Gasteiger partial charge in [-0.2, -0.15) is 0 Å². The van der Waals surface area contributed by atoms with Crippen molar-refractivity contribution in [3.8, 4) is 0 Å². The minimum Gasteiger partial charge on any atom is -0.480 e. The first-order valence-electron chi connectivity index (χ1n) is 3.86. The van der Waals surface area contributed by atoms with Gasteiger partial charge in [0.15, 0.2) is 0 Å². The Hall–Kier alpha value is -1.11. The molecule has 0 saturated carbocycles. The summed E-state index contributed by atoms with van der Waals surface area (Å²) in [6.45, 7) is -0.357. The molecule has 0 aliphatic rings. The van der Waals surface area contributed by atoms with E-state index in [9.17, 15) is 9.59 Å². The number of amides is 1. The third kappa shape index (κ3) is 2.99. The van der Waals surface area contributed by atoms with Crippen LogP contribution in [0.5, 0.6) is 0 Å². The van der Waals surface area contributed by atoms with E-state index in [1.54, 1.807) is 18.2 Å². The van der Waals surface area contributed by atoms with E-state index in [1.807, 2.05) is 28.7 Å². The molecule has 0 aliphatic carbocycles. The second-order valence-corrected chi connectivity index (χ2v) is 3.72. The van der Waals surface area contributed by atoms with Crippen LogP contribution in [0.3, 0.4) is 0 Å². The number of hydrogen-bond donors (Lipinski definition) is 2. The summed E-state index contributed by atoms with van der Waals surface area (Å²) in [6.07, 6.45) is 0. The summed E-state index contributed by atoms with van der Waals surface area (Å²) < 4.78 is 0.799. The van der Waals surface area contributed by atoms with Crippen molar-refractivity contribution in [3.63, 3.8) is 0 Å². The van der Waals surface area contributed by atoms with Crippen LogP contribution in [0.2, 0.25) is 0 Å². The molecule has 0 radical (unpaired) electrons. The van der Waals surface area contributed by atoms with E-state index >= 15 is 0 Å². The van der Waals surface area contributed by atoms with Gasteiger partial charge in [-0.25, -0.2) is 0 Å². The third-order valence-corrected chi connectivity index (χ3v) is 2.46. The number of carboxylic acids is 1. The van der Waals surface area contributed by atoms with Crippen LogP contribution < -0.4 is 5.32 Å². The van der Waals surface area contributed by atoms with Gasteiger partial charge in [0.1, 0.15) is 6.54 Å².